The molecule has 0 aliphatic carbocycles. The molecule has 1 saturated heterocycles. The summed E-state index contributed by atoms with van der Waals surface area (Å²) in [5.41, 5.74) is 1.07. The number of hydrogen-bond donors (Lipinski definition) is 1. The summed E-state index contributed by atoms with van der Waals surface area (Å²) in [5, 5.41) is 14.6. The number of nitrogens with zero attached hydrogens (tertiary/aromatic N) is 2. The van der Waals surface area contributed by atoms with Gasteiger partial charge in [0.15, 0.2) is 0 Å². The maximum Gasteiger partial charge on any atom is 0.410 e. The molecule has 0 aromatic heterocycles. The highest BCUT2D eigenvalue weighted by Crippen LogP contribution is 2.30. The summed E-state index contributed by atoms with van der Waals surface area (Å²) >= 11 is 0. The smallest absolute Gasteiger partial charge is 0.410 e. The van der Waals surface area contributed by atoms with Gasteiger partial charge in [-0.3, -0.25) is 10.1 Å². The van der Waals surface area contributed by atoms with Gasteiger partial charge in [-0.2, -0.15) is 0 Å². The number of piperidine rings is 1. The lowest BCUT2D eigenvalue weighted by atomic mass is 10.0. The van der Waals surface area contributed by atoms with E-state index in [9.17, 15) is 14.9 Å². The zero-order valence-electron chi connectivity index (χ0n) is 16.2. The monoisotopic (exact) mass is 363 g/mol. The Morgan fingerprint density at radius 2 is 2.08 bits per heavy atom. The number of likely N-dealkylation sites (tertiary alicyclic amines) is 1. The van der Waals surface area contributed by atoms with Gasteiger partial charge in [-0.1, -0.05) is 19.9 Å². The molecule has 1 amide bonds. The van der Waals surface area contributed by atoms with Crippen molar-refractivity contribution in [2.45, 2.75) is 65.0 Å². The zero-order valence-corrected chi connectivity index (χ0v) is 16.2. The molecule has 0 saturated carbocycles. The Balaban J connectivity index is 2.13. The second-order valence-corrected chi connectivity index (χ2v) is 8.10. The Labute approximate surface area is 154 Å². The van der Waals surface area contributed by atoms with Crippen molar-refractivity contribution in [2.24, 2.45) is 0 Å². The van der Waals surface area contributed by atoms with Crippen LogP contribution in [0.3, 0.4) is 0 Å². The Kier molecular flexibility index (Phi) is 6.10. The number of hydrogen-bond acceptors (Lipinski definition) is 5. The third kappa shape index (κ3) is 5.34. The van der Waals surface area contributed by atoms with Crippen LogP contribution in [0.15, 0.2) is 18.2 Å². The molecule has 1 aliphatic heterocycles. The van der Waals surface area contributed by atoms with Gasteiger partial charge >= 0.3 is 6.09 Å². The van der Waals surface area contributed by atoms with E-state index in [1.807, 2.05) is 26.8 Å². The Bertz CT molecular complexity index is 667. The highest BCUT2D eigenvalue weighted by Gasteiger charge is 2.28. The second-order valence-electron chi connectivity index (χ2n) is 8.10. The number of nitro benzene ring substituents is 1. The lowest BCUT2D eigenvalue weighted by molar-refractivity contribution is -0.384. The van der Waals surface area contributed by atoms with E-state index < -0.39 is 5.60 Å². The van der Waals surface area contributed by atoms with E-state index in [0.29, 0.717) is 18.8 Å². The maximum absolute atomic E-state index is 12.3. The van der Waals surface area contributed by atoms with E-state index in [0.717, 1.165) is 18.4 Å². The third-order valence-corrected chi connectivity index (χ3v) is 4.32. The molecule has 26 heavy (non-hydrogen) atoms. The largest absolute Gasteiger partial charge is 0.444 e. The summed E-state index contributed by atoms with van der Waals surface area (Å²) < 4.78 is 5.44. The lowest BCUT2D eigenvalue weighted by Crippen LogP contribution is -2.47. The van der Waals surface area contributed by atoms with E-state index in [1.165, 1.54) is 0 Å². The highest BCUT2D eigenvalue weighted by atomic mass is 16.6. The first-order valence-electron chi connectivity index (χ1n) is 9.09. The average molecular weight is 363 g/mol. The zero-order chi connectivity index (χ0) is 19.5. The Morgan fingerprint density at radius 3 is 2.65 bits per heavy atom. The number of ether oxygens (including phenoxy) is 1. The first-order valence-corrected chi connectivity index (χ1v) is 9.09. The molecule has 1 aromatic rings. The number of rotatable bonds is 4. The number of nitro groups is 1. The number of amides is 1. The molecule has 1 aromatic carbocycles. The van der Waals surface area contributed by atoms with E-state index in [1.54, 1.807) is 17.0 Å². The van der Waals surface area contributed by atoms with Crippen LogP contribution in [0.4, 0.5) is 16.2 Å². The fraction of sp³-hybridized carbons (Fsp3) is 0.632. The fourth-order valence-corrected chi connectivity index (χ4v) is 2.99. The van der Waals surface area contributed by atoms with Gasteiger partial charge in [0.05, 0.1) is 4.92 Å². The second kappa shape index (κ2) is 7.93. The van der Waals surface area contributed by atoms with Crippen molar-refractivity contribution in [3.8, 4) is 0 Å². The van der Waals surface area contributed by atoms with Crippen molar-refractivity contribution in [1.29, 1.82) is 0 Å². The van der Waals surface area contributed by atoms with Gasteiger partial charge in [-0.05, 0) is 51.2 Å². The number of anilines is 1. The van der Waals surface area contributed by atoms with Crippen molar-refractivity contribution >= 4 is 17.5 Å². The summed E-state index contributed by atoms with van der Waals surface area (Å²) in [6.07, 6.45) is 1.34. The standard InChI is InChI=1S/C19H29N3O4/c1-13(2)14-8-9-17(22(24)25)16(11-14)20-15-7-6-10-21(12-15)18(23)26-19(3,4)5/h8-9,11,13,15,20H,6-7,10,12H2,1-5H3/t15-/m1/s1. The van der Waals surface area contributed by atoms with Crippen LogP contribution in [0.25, 0.3) is 0 Å². The van der Waals surface area contributed by atoms with Crippen LogP contribution in [-0.2, 0) is 4.74 Å². The summed E-state index contributed by atoms with van der Waals surface area (Å²) in [4.78, 5) is 24.9. The van der Waals surface area contributed by atoms with Gasteiger partial charge < -0.3 is 15.0 Å². The van der Waals surface area contributed by atoms with Crippen molar-refractivity contribution in [3.05, 3.63) is 33.9 Å². The predicted molar refractivity (Wildman–Crippen MR) is 102 cm³/mol. The SMILES string of the molecule is CC(C)c1ccc([N+](=O)[O-])c(N[C@@H]2CCCN(C(=O)OC(C)(C)C)C2)c1. The third-order valence-electron chi connectivity index (χ3n) is 4.32. The van der Waals surface area contributed by atoms with E-state index in [-0.39, 0.29) is 28.7 Å². The molecule has 1 atom stereocenters. The predicted octanol–water partition coefficient (Wildman–Crippen LogP) is 4.53. The molecule has 1 N–H and O–H groups in total. The fourth-order valence-electron chi connectivity index (χ4n) is 2.99. The van der Waals surface area contributed by atoms with Crippen molar-refractivity contribution in [1.82, 2.24) is 4.90 Å². The first-order chi connectivity index (χ1) is 12.1. The number of carbonyl (C=O) groups is 1. The molecule has 1 heterocycles. The molecule has 7 nitrogen and oxygen atoms in total. The molecule has 1 aliphatic rings. The van der Waals surface area contributed by atoms with E-state index in [4.69, 9.17) is 4.74 Å². The minimum absolute atomic E-state index is 0.0441. The highest BCUT2D eigenvalue weighted by molar-refractivity contribution is 5.69. The van der Waals surface area contributed by atoms with Crippen LogP contribution in [0, 0.1) is 10.1 Å². The van der Waals surface area contributed by atoms with Gasteiger partial charge in [0.2, 0.25) is 0 Å². The van der Waals surface area contributed by atoms with Crippen LogP contribution < -0.4 is 5.32 Å². The molecule has 2 rings (SSSR count). The van der Waals surface area contributed by atoms with Gasteiger partial charge in [-0.15, -0.1) is 0 Å². The lowest BCUT2D eigenvalue weighted by Gasteiger charge is -2.34. The van der Waals surface area contributed by atoms with Crippen molar-refractivity contribution in [3.63, 3.8) is 0 Å². The molecule has 0 spiro atoms. The van der Waals surface area contributed by atoms with E-state index >= 15 is 0 Å². The van der Waals surface area contributed by atoms with Gasteiger partial charge in [0.1, 0.15) is 11.3 Å². The molecule has 0 bridgehead atoms. The van der Waals surface area contributed by atoms with Gasteiger partial charge in [0.25, 0.3) is 5.69 Å². The number of benzene rings is 1. The van der Waals surface area contributed by atoms with Crippen molar-refractivity contribution < 1.29 is 14.5 Å². The first kappa shape index (κ1) is 20.0. The molecular weight excluding hydrogens is 334 g/mol. The van der Waals surface area contributed by atoms with Crippen LogP contribution >= 0.6 is 0 Å². The van der Waals surface area contributed by atoms with Gasteiger partial charge in [0, 0.05) is 25.2 Å². The van der Waals surface area contributed by atoms with E-state index in [2.05, 4.69) is 19.2 Å². The Morgan fingerprint density at radius 1 is 1.38 bits per heavy atom. The normalized spacial score (nSPS) is 17.9. The summed E-state index contributed by atoms with van der Waals surface area (Å²) in [7, 11) is 0. The molecule has 1 fully saturated rings. The minimum atomic E-state index is -0.540. The molecular formula is C19H29N3O4. The molecule has 144 valence electrons. The van der Waals surface area contributed by atoms with Crippen LogP contribution in [0.2, 0.25) is 0 Å². The topological polar surface area (TPSA) is 84.7 Å². The molecule has 0 unspecified atom stereocenters. The summed E-state index contributed by atoms with van der Waals surface area (Å²) in [6, 6.07) is 5.14. The van der Waals surface area contributed by atoms with Gasteiger partial charge in [-0.25, -0.2) is 4.79 Å². The number of carbonyl (C=O) groups excluding carboxylic acids is 1. The average Bonchev–Trinajstić information content (AvgIpc) is 2.53. The summed E-state index contributed by atoms with van der Waals surface area (Å²) in [5.74, 6) is 0.279. The van der Waals surface area contributed by atoms with Crippen LogP contribution in [-0.4, -0.2) is 40.6 Å². The Hall–Kier alpha value is -2.31. The number of nitrogens with one attached hydrogen (secondary N) is 1. The van der Waals surface area contributed by atoms with Crippen LogP contribution in [0.1, 0.15) is 58.9 Å². The molecule has 7 heteroatoms. The quantitative estimate of drug-likeness (QED) is 0.627. The summed E-state index contributed by atoms with van der Waals surface area (Å²) in [6.45, 7) is 10.7. The van der Waals surface area contributed by atoms with Crippen molar-refractivity contribution in [2.75, 3.05) is 18.4 Å². The maximum atomic E-state index is 12.3. The minimum Gasteiger partial charge on any atom is -0.444 e. The molecule has 0 radical (unpaired) electrons. The van der Waals surface area contributed by atoms with Crippen LogP contribution in [0.5, 0.6) is 0 Å².